The third-order valence-corrected chi connectivity index (χ3v) is 4.34. The predicted octanol–water partition coefficient (Wildman–Crippen LogP) is 3.71. The number of nitrogens with two attached hydrogens (primary N) is 1. The first-order chi connectivity index (χ1) is 8.45. The number of rotatable bonds is 7. The molecule has 1 fully saturated rings. The van der Waals surface area contributed by atoms with E-state index >= 15 is 0 Å². The molecule has 3 heteroatoms. The first-order valence-electron chi connectivity index (χ1n) is 7.41. The molecule has 2 atom stereocenters. The zero-order valence-electron chi connectivity index (χ0n) is 12.3. The predicted molar refractivity (Wildman–Crippen MR) is 76.9 cm³/mol. The van der Waals surface area contributed by atoms with Crippen LogP contribution in [0.4, 0.5) is 0 Å². The molecule has 0 amide bonds. The Kier molecular flexibility index (Phi) is 6.13. The molecule has 2 unspecified atom stereocenters. The topological polar surface area (TPSA) is 59.1 Å². The molecule has 0 aromatic rings. The molecule has 1 aliphatic rings. The summed E-state index contributed by atoms with van der Waals surface area (Å²) in [4.78, 5) is 0. The molecular formula is C15H30N2O. The van der Waals surface area contributed by atoms with Crippen molar-refractivity contribution in [3.63, 3.8) is 0 Å². The number of hydrogen-bond acceptors (Lipinski definition) is 2. The van der Waals surface area contributed by atoms with E-state index in [1.165, 1.54) is 32.1 Å². The number of hydrogen-bond donors (Lipinski definition) is 2. The van der Waals surface area contributed by atoms with Crippen molar-refractivity contribution in [2.45, 2.75) is 71.8 Å². The van der Waals surface area contributed by atoms with Crippen LogP contribution in [0.5, 0.6) is 0 Å². The average molecular weight is 254 g/mol. The number of nitrogens with one attached hydrogen (secondary N) is 1. The van der Waals surface area contributed by atoms with Gasteiger partial charge in [0.1, 0.15) is 0 Å². The van der Waals surface area contributed by atoms with E-state index < -0.39 is 0 Å². The molecule has 0 aliphatic heterocycles. The second kappa shape index (κ2) is 7.13. The van der Waals surface area contributed by atoms with Crippen LogP contribution in [0.1, 0.15) is 65.7 Å². The maximum absolute atomic E-state index is 7.52. The summed E-state index contributed by atoms with van der Waals surface area (Å²) in [5, 5.41) is 7.52. The Morgan fingerprint density at radius 1 is 1.39 bits per heavy atom. The fourth-order valence-electron chi connectivity index (χ4n) is 2.66. The van der Waals surface area contributed by atoms with Crippen LogP contribution in [0.3, 0.4) is 0 Å². The Hall–Kier alpha value is -0.570. The van der Waals surface area contributed by atoms with Crippen LogP contribution in [0.15, 0.2) is 0 Å². The fourth-order valence-corrected chi connectivity index (χ4v) is 2.66. The smallest absolute Gasteiger partial charge is 0.0963 e. The van der Waals surface area contributed by atoms with Gasteiger partial charge in [-0.3, -0.25) is 5.41 Å². The first-order valence-corrected chi connectivity index (χ1v) is 7.41. The SMILES string of the molecule is CCC1CCCC(OCCCC(C)(C)C(=N)N)C1. The molecule has 0 radical (unpaired) electrons. The van der Waals surface area contributed by atoms with E-state index in [0.717, 1.165) is 25.4 Å². The van der Waals surface area contributed by atoms with E-state index in [2.05, 4.69) is 6.92 Å². The van der Waals surface area contributed by atoms with Crippen molar-refractivity contribution < 1.29 is 4.74 Å². The molecule has 106 valence electrons. The Morgan fingerprint density at radius 3 is 2.72 bits per heavy atom. The molecule has 0 spiro atoms. The van der Waals surface area contributed by atoms with Crippen LogP contribution in [0.25, 0.3) is 0 Å². The zero-order chi connectivity index (χ0) is 13.6. The molecule has 1 rings (SSSR count). The Labute approximate surface area is 112 Å². The summed E-state index contributed by atoms with van der Waals surface area (Å²) >= 11 is 0. The van der Waals surface area contributed by atoms with E-state index in [4.69, 9.17) is 15.9 Å². The van der Waals surface area contributed by atoms with Gasteiger partial charge in [-0.05, 0) is 31.6 Å². The van der Waals surface area contributed by atoms with Crippen molar-refractivity contribution in [2.75, 3.05) is 6.61 Å². The summed E-state index contributed by atoms with van der Waals surface area (Å²) in [5.41, 5.74) is 5.40. The van der Waals surface area contributed by atoms with Crippen molar-refractivity contribution in [2.24, 2.45) is 17.1 Å². The minimum absolute atomic E-state index is 0.179. The van der Waals surface area contributed by atoms with Gasteiger partial charge in [-0.15, -0.1) is 0 Å². The standard InChI is InChI=1S/C15H30N2O/c1-4-12-7-5-8-13(11-12)18-10-6-9-15(2,3)14(16)17/h12-13H,4-11H2,1-3H3,(H3,16,17). The van der Waals surface area contributed by atoms with Gasteiger partial charge in [0.2, 0.25) is 0 Å². The van der Waals surface area contributed by atoms with Gasteiger partial charge in [-0.25, -0.2) is 0 Å². The van der Waals surface area contributed by atoms with Gasteiger partial charge in [0, 0.05) is 12.0 Å². The van der Waals surface area contributed by atoms with E-state index in [1.54, 1.807) is 0 Å². The lowest BCUT2D eigenvalue weighted by Gasteiger charge is -2.29. The van der Waals surface area contributed by atoms with Crippen molar-refractivity contribution in [1.82, 2.24) is 0 Å². The van der Waals surface area contributed by atoms with Crippen LogP contribution in [-0.4, -0.2) is 18.5 Å². The lowest BCUT2D eigenvalue weighted by atomic mass is 9.85. The van der Waals surface area contributed by atoms with E-state index in [1.807, 2.05) is 13.8 Å². The van der Waals surface area contributed by atoms with Gasteiger partial charge in [-0.2, -0.15) is 0 Å². The monoisotopic (exact) mass is 254 g/mol. The molecule has 0 heterocycles. The van der Waals surface area contributed by atoms with E-state index in [0.29, 0.717) is 6.10 Å². The fraction of sp³-hybridized carbons (Fsp3) is 0.933. The van der Waals surface area contributed by atoms with Crippen molar-refractivity contribution >= 4 is 5.84 Å². The molecule has 0 bridgehead atoms. The third-order valence-electron chi connectivity index (χ3n) is 4.34. The summed E-state index contributed by atoms with van der Waals surface area (Å²) in [5.74, 6) is 1.16. The van der Waals surface area contributed by atoms with Crippen LogP contribution in [0, 0.1) is 16.7 Å². The van der Waals surface area contributed by atoms with Crippen LogP contribution in [0.2, 0.25) is 0 Å². The summed E-state index contributed by atoms with van der Waals surface area (Å²) in [6.45, 7) is 7.16. The highest BCUT2D eigenvalue weighted by Gasteiger charge is 2.23. The van der Waals surface area contributed by atoms with Crippen LogP contribution >= 0.6 is 0 Å². The number of amidine groups is 1. The average Bonchev–Trinajstić information content (AvgIpc) is 2.35. The van der Waals surface area contributed by atoms with E-state index in [-0.39, 0.29) is 11.3 Å². The molecule has 1 aliphatic carbocycles. The minimum atomic E-state index is -0.179. The second-order valence-corrected chi connectivity index (χ2v) is 6.33. The highest BCUT2D eigenvalue weighted by atomic mass is 16.5. The molecule has 3 nitrogen and oxygen atoms in total. The highest BCUT2D eigenvalue weighted by Crippen LogP contribution is 2.29. The van der Waals surface area contributed by atoms with Crippen LogP contribution in [-0.2, 0) is 4.74 Å². The normalized spacial score (nSPS) is 25.1. The third kappa shape index (κ3) is 4.97. The first kappa shape index (κ1) is 15.5. The molecule has 1 saturated carbocycles. The van der Waals surface area contributed by atoms with Gasteiger partial charge < -0.3 is 10.5 Å². The Morgan fingerprint density at radius 2 is 2.11 bits per heavy atom. The van der Waals surface area contributed by atoms with Crippen LogP contribution < -0.4 is 5.73 Å². The molecule has 18 heavy (non-hydrogen) atoms. The largest absolute Gasteiger partial charge is 0.387 e. The van der Waals surface area contributed by atoms with Gasteiger partial charge in [0.25, 0.3) is 0 Å². The van der Waals surface area contributed by atoms with Gasteiger partial charge in [0.15, 0.2) is 0 Å². The summed E-state index contributed by atoms with van der Waals surface area (Å²) < 4.78 is 5.98. The summed E-state index contributed by atoms with van der Waals surface area (Å²) in [6.07, 6.45) is 8.88. The molecule has 3 N–H and O–H groups in total. The molecule has 0 aromatic heterocycles. The lowest BCUT2D eigenvalue weighted by molar-refractivity contribution is 0.00911. The lowest BCUT2D eigenvalue weighted by Crippen LogP contribution is -2.31. The zero-order valence-corrected chi connectivity index (χ0v) is 12.3. The second-order valence-electron chi connectivity index (χ2n) is 6.33. The quantitative estimate of drug-likeness (QED) is 0.413. The highest BCUT2D eigenvalue weighted by molar-refractivity contribution is 5.82. The Balaban J connectivity index is 2.16. The van der Waals surface area contributed by atoms with Crippen molar-refractivity contribution in [3.8, 4) is 0 Å². The van der Waals surface area contributed by atoms with Crippen molar-refractivity contribution in [1.29, 1.82) is 5.41 Å². The summed E-state index contributed by atoms with van der Waals surface area (Å²) in [6, 6.07) is 0. The molecular weight excluding hydrogens is 224 g/mol. The molecule has 0 saturated heterocycles. The van der Waals surface area contributed by atoms with Gasteiger partial charge in [0.05, 0.1) is 11.9 Å². The van der Waals surface area contributed by atoms with Crippen molar-refractivity contribution in [3.05, 3.63) is 0 Å². The minimum Gasteiger partial charge on any atom is -0.387 e. The Bertz CT molecular complexity index is 263. The number of ether oxygens (including phenoxy) is 1. The maximum Gasteiger partial charge on any atom is 0.0963 e. The van der Waals surface area contributed by atoms with Gasteiger partial charge in [-0.1, -0.05) is 40.0 Å². The summed E-state index contributed by atoms with van der Waals surface area (Å²) in [7, 11) is 0. The van der Waals surface area contributed by atoms with E-state index in [9.17, 15) is 0 Å². The maximum atomic E-state index is 7.52. The van der Waals surface area contributed by atoms with Gasteiger partial charge >= 0.3 is 0 Å². The molecule has 0 aromatic carbocycles.